The number of fused-ring (bicyclic) bond motifs is 1. The standard InChI is InChI=1S/C17H24O3/c1-5-12(3)16(19)20-17(4)10-13-7-6-11(2)8-14(13)9-15(17)18/h8-9,12-13H,5-7,10H2,1-4H3/t12?,13-,17-/m0/s1. The van der Waals surface area contributed by atoms with E-state index >= 15 is 0 Å². The number of ether oxygens (including phenoxy) is 1. The SMILES string of the molecule is CCC(C)C(=O)O[C@@]1(C)C[C@@H]2CCC(C)=CC2=CC1=O. The van der Waals surface area contributed by atoms with Crippen molar-refractivity contribution in [1.82, 2.24) is 0 Å². The van der Waals surface area contributed by atoms with E-state index in [1.807, 2.05) is 13.8 Å². The predicted molar refractivity (Wildman–Crippen MR) is 78.1 cm³/mol. The molecule has 20 heavy (non-hydrogen) atoms. The first kappa shape index (κ1) is 15.0. The zero-order chi connectivity index (χ0) is 14.9. The molecular weight excluding hydrogens is 252 g/mol. The van der Waals surface area contributed by atoms with Crippen LogP contribution in [0, 0.1) is 11.8 Å². The van der Waals surface area contributed by atoms with Crippen molar-refractivity contribution in [1.29, 1.82) is 0 Å². The summed E-state index contributed by atoms with van der Waals surface area (Å²) >= 11 is 0. The number of carbonyl (C=O) groups excluding carboxylic acids is 2. The first-order valence-corrected chi connectivity index (χ1v) is 7.51. The highest BCUT2D eigenvalue weighted by Crippen LogP contribution is 2.40. The molecule has 0 aromatic heterocycles. The molecule has 0 aromatic rings. The third-order valence-corrected chi connectivity index (χ3v) is 4.57. The molecule has 0 saturated carbocycles. The van der Waals surface area contributed by atoms with E-state index in [2.05, 4.69) is 13.0 Å². The summed E-state index contributed by atoms with van der Waals surface area (Å²) in [6, 6.07) is 0. The second-order valence-corrected chi connectivity index (χ2v) is 6.40. The van der Waals surface area contributed by atoms with E-state index in [1.165, 1.54) is 5.57 Å². The summed E-state index contributed by atoms with van der Waals surface area (Å²) in [7, 11) is 0. The van der Waals surface area contributed by atoms with E-state index in [0.717, 1.165) is 24.8 Å². The molecule has 0 heterocycles. The predicted octanol–water partition coefficient (Wildman–Crippen LogP) is 3.59. The van der Waals surface area contributed by atoms with Crippen LogP contribution in [0.15, 0.2) is 23.3 Å². The fraction of sp³-hybridized carbons (Fsp3) is 0.647. The van der Waals surface area contributed by atoms with Gasteiger partial charge in [-0.3, -0.25) is 9.59 Å². The highest BCUT2D eigenvalue weighted by Gasteiger charge is 2.43. The fourth-order valence-electron chi connectivity index (χ4n) is 2.88. The smallest absolute Gasteiger partial charge is 0.309 e. The van der Waals surface area contributed by atoms with Gasteiger partial charge in [0.25, 0.3) is 0 Å². The van der Waals surface area contributed by atoms with Crippen molar-refractivity contribution in [2.75, 3.05) is 0 Å². The molecule has 0 spiro atoms. The van der Waals surface area contributed by atoms with Crippen LogP contribution in [0.1, 0.15) is 53.4 Å². The zero-order valence-corrected chi connectivity index (χ0v) is 12.9. The van der Waals surface area contributed by atoms with Gasteiger partial charge in [-0.15, -0.1) is 0 Å². The van der Waals surface area contributed by atoms with Gasteiger partial charge in [-0.1, -0.05) is 25.5 Å². The maximum absolute atomic E-state index is 12.3. The number of rotatable bonds is 3. The normalized spacial score (nSPS) is 31.0. The van der Waals surface area contributed by atoms with Gasteiger partial charge in [-0.2, -0.15) is 0 Å². The number of hydrogen-bond donors (Lipinski definition) is 0. The first-order valence-electron chi connectivity index (χ1n) is 7.51. The summed E-state index contributed by atoms with van der Waals surface area (Å²) < 4.78 is 5.57. The minimum atomic E-state index is -0.978. The lowest BCUT2D eigenvalue weighted by molar-refractivity contribution is -0.169. The molecular formula is C17H24O3. The summed E-state index contributed by atoms with van der Waals surface area (Å²) in [6.45, 7) is 7.64. The molecule has 110 valence electrons. The quantitative estimate of drug-likeness (QED) is 0.740. The van der Waals surface area contributed by atoms with Crippen LogP contribution < -0.4 is 0 Å². The Hall–Kier alpha value is -1.38. The highest BCUT2D eigenvalue weighted by atomic mass is 16.6. The topological polar surface area (TPSA) is 43.4 Å². The third-order valence-electron chi connectivity index (χ3n) is 4.57. The van der Waals surface area contributed by atoms with Crippen molar-refractivity contribution in [2.45, 2.75) is 59.0 Å². The summed E-state index contributed by atoms with van der Waals surface area (Å²) in [5.41, 5.74) is 1.45. The van der Waals surface area contributed by atoms with Crippen molar-refractivity contribution in [3.8, 4) is 0 Å². The van der Waals surface area contributed by atoms with Crippen molar-refractivity contribution < 1.29 is 14.3 Å². The lowest BCUT2D eigenvalue weighted by Crippen LogP contribution is -2.45. The van der Waals surface area contributed by atoms with E-state index in [1.54, 1.807) is 13.0 Å². The minimum absolute atomic E-state index is 0.0775. The average Bonchev–Trinajstić information content (AvgIpc) is 2.39. The molecule has 2 rings (SSSR count). The van der Waals surface area contributed by atoms with Crippen LogP contribution in [0.5, 0.6) is 0 Å². The van der Waals surface area contributed by atoms with Crippen LogP contribution in [0.2, 0.25) is 0 Å². The van der Waals surface area contributed by atoms with Gasteiger partial charge in [0.15, 0.2) is 11.4 Å². The van der Waals surface area contributed by atoms with Gasteiger partial charge in [0.2, 0.25) is 0 Å². The molecule has 1 unspecified atom stereocenters. The van der Waals surface area contributed by atoms with Crippen molar-refractivity contribution in [2.24, 2.45) is 11.8 Å². The molecule has 0 amide bonds. The zero-order valence-electron chi connectivity index (χ0n) is 12.9. The average molecular weight is 276 g/mol. The Bertz CT molecular complexity index is 486. The number of carbonyl (C=O) groups is 2. The molecule has 0 aromatic carbocycles. The Labute approximate surface area is 121 Å². The van der Waals surface area contributed by atoms with Crippen molar-refractivity contribution in [3.63, 3.8) is 0 Å². The summed E-state index contributed by atoms with van der Waals surface area (Å²) in [4.78, 5) is 24.3. The van der Waals surface area contributed by atoms with Crippen LogP contribution in [-0.2, 0) is 14.3 Å². The highest BCUT2D eigenvalue weighted by molar-refractivity contribution is 6.00. The Morgan fingerprint density at radius 2 is 2.20 bits per heavy atom. The Morgan fingerprint density at radius 3 is 2.85 bits per heavy atom. The van der Waals surface area contributed by atoms with Crippen LogP contribution in [0.3, 0.4) is 0 Å². The molecule has 3 heteroatoms. The van der Waals surface area contributed by atoms with E-state index in [-0.39, 0.29) is 17.7 Å². The fourth-order valence-corrected chi connectivity index (χ4v) is 2.88. The van der Waals surface area contributed by atoms with Crippen molar-refractivity contribution in [3.05, 3.63) is 23.3 Å². The third kappa shape index (κ3) is 2.87. The number of ketones is 1. The molecule has 0 fully saturated rings. The van der Waals surface area contributed by atoms with E-state index in [0.29, 0.717) is 12.3 Å². The molecule has 3 atom stereocenters. The van der Waals surface area contributed by atoms with Gasteiger partial charge < -0.3 is 4.74 Å². The first-order chi connectivity index (χ1) is 9.35. The summed E-state index contributed by atoms with van der Waals surface area (Å²) in [6.07, 6.45) is 7.24. The molecule has 2 aliphatic rings. The molecule has 3 nitrogen and oxygen atoms in total. The molecule has 0 saturated heterocycles. The van der Waals surface area contributed by atoms with E-state index < -0.39 is 5.60 Å². The lowest BCUT2D eigenvalue weighted by atomic mass is 9.73. The largest absolute Gasteiger partial charge is 0.451 e. The van der Waals surface area contributed by atoms with Gasteiger partial charge in [-0.25, -0.2) is 0 Å². The molecule has 0 aliphatic heterocycles. The molecule has 0 radical (unpaired) electrons. The van der Waals surface area contributed by atoms with Crippen LogP contribution in [-0.4, -0.2) is 17.4 Å². The number of allylic oxidation sites excluding steroid dienone is 3. The van der Waals surface area contributed by atoms with E-state index in [4.69, 9.17) is 4.74 Å². The number of esters is 1. The van der Waals surface area contributed by atoms with Gasteiger partial charge in [0.1, 0.15) is 0 Å². The lowest BCUT2D eigenvalue weighted by Gasteiger charge is -2.37. The van der Waals surface area contributed by atoms with E-state index in [9.17, 15) is 9.59 Å². The van der Waals surface area contributed by atoms with Gasteiger partial charge in [-0.05, 0) is 50.7 Å². The second-order valence-electron chi connectivity index (χ2n) is 6.40. The van der Waals surface area contributed by atoms with Crippen LogP contribution >= 0.6 is 0 Å². The number of hydrogen-bond acceptors (Lipinski definition) is 3. The minimum Gasteiger partial charge on any atom is -0.451 e. The van der Waals surface area contributed by atoms with Crippen LogP contribution in [0.25, 0.3) is 0 Å². The van der Waals surface area contributed by atoms with Crippen LogP contribution in [0.4, 0.5) is 0 Å². The monoisotopic (exact) mass is 276 g/mol. The molecule has 0 N–H and O–H groups in total. The Balaban J connectivity index is 2.19. The summed E-state index contributed by atoms with van der Waals surface area (Å²) in [5.74, 6) is -0.154. The Morgan fingerprint density at radius 1 is 1.50 bits per heavy atom. The maximum atomic E-state index is 12.3. The summed E-state index contributed by atoms with van der Waals surface area (Å²) in [5, 5.41) is 0. The van der Waals surface area contributed by atoms with Gasteiger partial charge in [0.05, 0.1) is 5.92 Å². The van der Waals surface area contributed by atoms with Gasteiger partial charge in [0, 0.05) is 6.42 Å². The molecule has 0 bridgehead atoms. The van der Waals surface area contributed by atoms with Crippen molar-refractivity contribution >= 4 is 11.8 Å². The van der Waals surface area contributed by atoms with Gasteiger partial charge >= 0.3 is 5.97 Å². The maximum Gasteiger partial charge on any atom is 0.309 e. The second kappa shape index (κ2) is 5.55. The molecule has 2 aliphatic carbocycles. The Kier molecular flexibility index (Phi) is 4.17.